The number of aryl methyl sites for hydroxylation is 1. The number of nitrogens with zero attached hydrogens (tertiary/aromatic N) is 7. The van der Waals surface area contributed by atoms with Crippen molar-refractivity contribution in [2.75, 3.05) is 5.75 Å². The zero-order chi connectivity index (χ0) is 19.5. The molecule has 0 fully saturated rings. The summed E-state index contributed by atoms with van der Waals surface area (Å²) in [6.45, 7) is 1.89. The molecule has 4 rings (SSSR count). The van der Waals surface area contributed by atoms with Crippen molar-refractivity contribution in [3.8, 4) is 11.4 Å². The smallest absolute Gasteiger partial charge is 0.283 e. The number of pyridine rings is 1. The normalized spacial score (nSPS) is 11.1. The Morgan fingerprint density at radius 2 is 1.86 bits per heavy atom. The van der Waals surface area contributed by atoms with Crippen LogP contribution >= 0.6 is 11.8 Å². The molecule has 0 bridgehead atoms. The van der Waals surface area contributed by atoms with E-state index >= 15 is 0 Å². The zero-order valence-corrected chi connectivity index (χ0v) is 16.4. The predicted octanol–water partition coefficient (Wildman–Crippen LogP) is 2.19. The highest BCUT2D eigenvalue weighted by Gasteiger charge is 2.21. The van der Waals surface area contributed by atoms with Gasteiger partial charge < -0.3 is 0 Å². The lowest BCUT2D eigenvalue weighted by atomic mass is 10.3. The Morgan fingerprint density at radius 1 is 1.07 bits per heavy atom. The lowest BCUT2D eigenvalue weighted by molar-refractivity contribution is 0.630. The summed E-state index contributed by atoms with van der Waals surface area (Å²) in [5.41, 5.74) is 2.88. The minimum absolute atomic E-state index is 0.162. The molecule has 0 aliphatic rings. The van der Waals surface area contributed by atoms with E-state index in [0.29, 0.717) is 10.8 Å². The van der Waals surface area contributed by atoms with Crippen LogP contribution in [0.2, 0.25) is 0 Å². The molecule has 0 saturated carbocycles. The number of tetrazole rings is 1. The van der Waals surface area contributed by atoms with E-state index in [-0.39, 0.29) is 5.56 Å². The fourth-order valence-corrected chi connectivity index (χ4v) is 3.84. The van der Waals surface area contributed by atoms with E-state index in [0.717, 1.165) is 29.2 Å². The summed E-state index contributed by atoms with van der Waals surface area (Å²) in [5, 5.41) is 12.6. The Hall–Kier alpha value is -3.20. The van der Waals surface area contributed by atoms with Crippen molar-refractivity contribution < 1.29 is 0 Å². The van der Waals surface area contributed by atoms with Crippen molar-refractivity contribution >= 4 is 11.8 Å². The summed E-state index contributed by atoms with van der Waals surface area (Å²) < 4.78 is 4.96. The van der Waals surface area contributed by atoms with E-state index in [2.05, 4.69) is 20.5 Å². The minimum atomic E-state index is -0.162. The number of hydrogen-bond acceptors (Lipinski definition) is 6. The number of aromatic nitrogens is 7. The summed E-state index contributed by atoms with van der Waals surface area (Å²) in [5.74, 6) is 0.760. The standard InChI is InChI=1S/C19H19N7OS/c1-14-17(18(27)26(24(14)2)16-9-4-3-5-10-16)25-19(21-22-23-25)28-13-11-15-8-6-7-12-20-15/h3-10,12H,11,13H2,1-2H3. The van der Waals surface area contributed by atoms with Gasteiger partial charge in [0.2, 0.25) is 5.16 Å². The molecule has 0 amide bonds. The van der Waals surface area contributed by atoms with Crippen molar-refractivity contribution in [2.45, 2.75) is 18.5 Å². The van der Waals surface area contributed by atoms with Gasteiger partial charge in [-0.1, -0.05) is 36.0 Å². The number of thioether (sulfide) groups is 1. The monoisotopic (exact) mass is 393 g/mol. The van der Waals surface area contributed by atoms with Crippen molar-refractivity contribution in [2.24, 2.45) is 7.05 Å². The minimum Gasteiger partial charge on any atom is -0.283 e. The third-order valence-corrected chi connectivity index (χ3v) is 5.41. The van der Waals surface area contributed by atoms with E-state index in [1.807, 2.05) is 67.2 Å². The lowest BCUT2D eigenvalue weighted by Crippen LogP contribution is -2.22. The highest BCUT2D eigenvalue weighted by atomic mass is 32.2. The number of rotatable bonds is 6. The summed E-state index contributed by atoms with van der Waals surface area (Å²) >= 11 is 1.50. The first-order valence-corrected chi connectivity index (χ1v) is 9.81. The first-order valence-electron chi connectivity index (χ1n) is 8.82. The molecule has 142 valence electrons. The Kier molecular flexibility index (Phi) is 5.07. The van der Waals surface area contributed by atoms with Crippen molar-refractivity contribution in [3.63, 3.8) is 0 Å². The van der Waals surface area contributed by atoms with Gasteiger partial charge in [0.15, 0.2) is 5.69 Å². The Labute approximate surface area is 165 Å². The van der Waals surface area contributed by atoms with E-state index in [9.17, 15) is 4.79 Å². The Balaban J connectivity index is 1.64. The van der Waals surface area contributed by atoms with Crippen LogP contribution in [0, 0.1) is 6.92 Å². The first-order chi connectivity index (χ1) is 13.7. The van der Waals surface area contributed by atoms with Crippen LogP contribution in [0.4, 0.5) is 0 Å². The maximum Gasteiger partial charge on any atom is 0.297 e. The van der Waals surface area contributed by atoms with Crippen LogP contribution in [0.25, 0.3) is 11.4 Å². The van der Waals surface area contributed by atoms with Crippen LogP contribution in [0.15, 0.2) is 64.7 Å². The molecule has 0 atom stereocenters. The molecule has 8 nitrogen and oxygen atoms in total. The average Bonchev–Trinajstić information content (AvgIpc) is 3.26. The third kappa shape index (κ3) is 3.36. The fraction of sp³-hybridized carbons (Fsp3) is 0.211. The molecule has 0 unspecified atom stereocenters. The quantitative estimate of drug-likeness (QED) is 0.467. The zero-order valence-electron chi connectivity index (χ0n) is 15.6. The van der Waals surface area contributed by atoms with Gasteiger partial charge in [0.05, 0.1) is 11.4 Å². The van der Waals surface area contributed by atoms with Crippen LogP contribution in [-0.4, -0.2) is 40.3 Å². The van der Waals surface area contributed by atoms with E-state index in [1.54, 1.807) is 10.9 Å². The molecule has 28 heavy (non-hydrogen) atoms. The fourth-order valence-electron chi connectivity index (χ4n) is 3.00. The Bertz CT molecular complexity index is 1130. The molecule has 0 aliphatic carbocycles. The van der Waals surface area contributed by atoms with Crippen LogP contribution in [0.5, 0.6) is 0 Å². The highest BCUT2D eigenvalue weighted by Crippen LogP contribution is 2.20. The highest BCUT2D eigenvalue weighted by molar-refractivity contribution is 7.99. The third-order valence-electron chi connectivity index (χ3n) is 4.49. The topological polar surface area (TPSA) is 83.4 Å². The molecule has 0 radical (unpaired) electrons. The lowest BCUT2D eigenvalue weighted by Gasteiger charge is -2.07. The van der Waals surface area contributed by atoms with Gasteiger partial charge in [0, 0.05) is 24.7 Å². The molecule has 0 spiro atoms. The van der Waals surface area contributed by atoms with Crippen LogP contribution in [-0.2, 0) is 13.5 Å². The van der Waals surface area contributed by atoms with Gasteiger partial charge in [-0.15, -0.1) is 5.10 Å². The van der Waals surface area contributed by atoms with Crippen molar-refractivity contribution in [1.29, 1.82) is 0 Å². The Morgan fingerprint density at radius 3 is 2.61 bits per heavy atom. The van der Waals surface area contributed by atoms with E-state index < -0.39 is 0 Å². The summed E-state index contributed by atoms with van der Waals surface area (Å²) in [6, 6.07) is 15.4. The SMILES string of the molecule is Cc1c(-n2nnnc2SCCc2ccccn2)c(=O)n(-c2ccccc2)n1C. The average molecular weight is 393 g/mol. The largest absolute Gasteiger partial charge is 0.297 e. The maximum atomic E-state index is 13.2. The predicted molar refractivity (Wildman–Crippen MR) is 107 cm³/mol. The van der Waals surface area contributed by atoms with Crippen LogP contribution < -0.4 is 5.56 Å². The molecule has 0 aliphatic heterocycles. The van der Waals surface area contributed by atoms with Gasteiger partial charge >= 0.3 is 0 Å². The second kappa shape index (κ2) is 7.81. The molecule has 3 heterocycles. The molecule has 0 N–H and O–H groups in total. The first kappa shape index (κ1) is 18.2. The maximum absolute atomic E-state index is 13.2. The van der Waals surface area contributed by atoms with Gasteiger partial charge in [0.1, 0.15) is 0 Å². The second-order valence-electron chi connectivity index (χ2n) is 6.20. The van der Waals surface area contributed by atoms with Gasteiger partial charge in [-0.25, -0.2) is 4.68 Å². The summed E-state index contributed by atoms with van der Waals surface area (Å²) in [7, 11) is 1.85. The van der Waals surface area contributed by atoms with Crippen molar-refractivity contribution in [3.05, 3.63) is 76.5 Å². The number of para-hydroxylation sites is 1. The molecule has 9 heteroatoms. The van der Waals surface area contributed by atoms with E-state index in [4.69, 9.17) is 0 Å². The van der Waals surface area contributed by atoms with Crippen molar-refractivity contribution in [1.82, 2.24) is 34.6 Å². The second-order valence-corrected chi connectivity index (χ2v) is 7.27. The van der Waals surface area contributed by atoms with Crippen LogP contribution in [0.3, 0.4) is 0 Å². The summed E-state index contributed by atoms with van der Waals surface area (Å²) in [6.07, 6.45) is 2.57. The number of hydrogen-bond donors (Lipinski definition) is 0. The van der Waals surface area contributed by atoms with Gasteiger partial charge in [-0.2, -0.15) is 4.68 Å². The van der Waals surface area contributed by atoms with Gasteiger partial charge in [-0.3, -0.25) is 14.5 Å². The molecule has 4 aromatic rings. The molecule has 3 aromatic heterocycles. The number of benzene rings is 1. The van der Waals surface area contributed by atoms with Gasteiger partial charge in [0.25, 0.3) is 5.56 Å². The molecule has 0 saturated heterocycles. The van der Waals surface area contributed by atoms with E-state index in [1.165, 1.54) is 16.4 Å². The van der Waals surface area contributed by atoms with Crippen LogP contribution in [0.1, 0.15) is 11.4 Å². The van der Waals surface area contributed by atoms with Gasteiger partial charge in [-0.05, 0) is 48.0 Å². The summed E-state index contributed by atoms with van der Waals surface area (Å²) in [4.78, 5) is 17.5. The molecule has 1 aromatic carbocycles. The molecular weight excluding hydrogens is 374 g/mol. The molecular formula is C19H19N7OS.